The van der Waals surface area contributed by atoms with Crippen molar-refractivity contribution >= 4 is 66.4 Å². The fraction of sp³-hybridized carbons (Fsp3) is 0. The van der Waals surface area contributed by atoms with E-state index in [9.17, 15) is 0 Å². The molecule has 0 heterocycles. The minimum Gasteiger partial charge on any atom is -0.310 e. The minimum absolute atomic E-state index is 1.12. The largest absolute Gasteiger partial charge is 0.310 e. The summed E-state index contributed by atoms with van der Waals surface area (Å²) in [7, 11) is 0. The Kier molecular flexibility index (Phi) is 6.51. The Morgan fingerprint density at radius 1 is 0.227 bits per heavy atom. The molecule has 0 amide bonds. The normalized spacial score (nSPS) is 11.2. The zero-order chi connectivity index (χ0) is 29.3. The highest BCUT2D eigenvalue weighted by Gasteiger charge is 2.22. The van der Waals surface area contributed by atoms with E-state index in [1.54, 1.807) is 0 Å². The van der Waals surface area contributed by atoms with Crippen LogP contribution in [-0.4, -0.2) is 0 Å². The van der Waals surface area contributed by atoms with Crippen molar-refractivity contribution in [1.82, 2.24) is 0 Å². The summed E-state index contributed by atoms with van der Waals surface area (Å²) >= 11 is 0. The zero-order valence-corrected chi connectivity index (χ0v) is 24.2. The maximum atomic E-state index is 2.45. The van der Waals surface area contributed by atoms with Gasteiger partial charge in [0.05, 0.1) is 22.7 Å². The Hall–Kier alpha value is -5.86. The number of hydrogen-bond donors (Lipinski definition) is 0. The molecule has 0 aliphatic rings. The first-order chi connectivity index (χ1) is 21.9. The van der Waals surface area contributed by atoms with E-state index in [-0.39, 0.29) is 0 Å². The first kappa shape index (κ1) is 25.8. The van der Waals surface area contributed by atoms with Crippen LogP contribution in [0.4, 0.5) is 34.1 Å². The Labute approximate surface area is 257 Å². The van der Waals surface area contributed by atoms with Crippen LogP contribution in [0.5, 0.6) is 0 Å². The van der Waals surface area contributed by atoms with Crippen LogP contribution >= 0.6 is 0 Å². The smallest absolute Gasteiger partial charge is 0.0542 e. The maximum absolute atomic E-state index is 2.45. The van der Waals surface area contributed by atoms with Crippen LogP contribution in [0.2, 0.25) is 0 Å². The van der Waals surface area contributed by atoms with Crippen LogP contribution in [0, 0.1) is 0 Å². The van der Waals surface area contributed by atoms with Gasteiger partial charge in [0.15, 0.2) is 0 Å². The topological polar surface area (TPSA) is 6.48 Å². The maximum Gasteiger partial charge on any atom is 0.0542 e. The van der Waals surface area contributed by atoms with E-state index in [0.717, 1.165) is 34.1 Å². The summed E-state index contributed by atoms with van der Waals surface area (Å²) in [5.41, 5.74) is 6.82. The van der Waals surface area contributed by atoms with E-state index in [4.69, 9.17) is 0 Å². The highest BCUT2D eigenvalue weighted by molar-refractivity contribution is 6.12. The molecule has 8 aromatic carbocycles. The molecule has 0 radical (unpaired) electrons. The van der Waals surface area contributed by atoms with Gasteiger partial charge in [0, 0.05) is 32.9 Å². The molecule has 0 fully saturated rings. The quantitative estimate of drug-likeness (QED) is 0.199. The van der Waals surface area contributed by atoms with E-state index >= 15 is 0 Å². The second-order valence-corrected chi connectivity index (χ2v) is 11.0. The molecule has 0 N–H and O–H groups in total. The fourth-order valence-corrected chi connectivity index (χ4v) is 6.43. The van der Waals surface area contributed by atoms with Gasteiger partial charge >= 0.3 is 0 Å². The lowest BCUT2D eigenvalue weighted by Gasteiger charge is -2.31. The van der Waals surface area contributed by atoms with E-state index < -0.39 is 0 Å². The number of para-hydroxylation sites is 2. The van der Waals surface area contributed by atoms with Gasteiger partial charge < -0.3 is 9.80 Å². The van der Waals surface area contributed by atoms with Gasteiger partial charge in [0.25, 0.3) is 0 Å². The molecule has 44 heavy (non-hydrogen) atoms. The molecule has 0 unspecified atom stereocenters. The average Bonchev–Trinajstić information content (AvgIpc) is 3.10. The first-order valence-electron chi connectivity index (χ1n) is 15.0. The molecule has 0 aliphatic carbocycles. The molecular formula is C42H30N2. The number of hydrogen-bond acceptors (Lipinski definition) is 2. The van der Waals surface area contributed by atoms with Crippen molar-refractivity contribution < 1.29 is 0 Å². The summed E-state index contributed by atoms with van der Waals surface area (Å²) in [4.78, 5) is 4.80. The molecule has 0 spiro atoms. The van der Waals surface area contributed by atoms with Crippen molar-refractivity contribution in [2.75, 3.05) is 9.80 Å². The molecule has 0 bridgehead atoms. The van der Waals surface area contributed by atoms with Gasteiger partial charge in [-0.05, 0) is 59.3 Å². The lowest BCUT2D eigenvalue weighted by molar-refractivity contribution is 1.29. The van der Waals surface area contributed by atoms with E-state index in [1.165, 1.54) is 32.3 Å². The minimum atomic E-state index is 1.12. The zero-order valence-electron chi connectivity index (χ0n) is 24.2. The standard InChI is InChI=1S/C42H30N2/c1-3-19-33(20-4-1)43(34-21-5-2-6-22-34)41-29-30-42(38-26-12-11-25-37(38)41)44(39-27-13-17-31-15-7-9-23-35(31)39)40-28-14-18-32-16-8-10-24-36(32)40/h1-30H. The predicted molar refractivity (Wildman–Crippen MR) is 188 cm³/mol. The molecule has 0 atom stereocenters. The van der Waals surface area contributed by atoms with Gasteiger partial charge in [-0.2, -0.15) is 0 Å². The molecule has 0 saturated heterocycles. The summed E-state index contributed by atoms with van der Waals surface area (Å²) in [5.74, 6) is 0. The molecule has 0 saturated carbocycles. The fourth-order valence-electron chi connectivity index (χ4n) is 6.43. The van der Waals surface area contributed by atoms with Gasteiger partial charge in [0.1, 0.15) is 0 Å². The monoisotopic (exact) mass is 562 g/mol. The van der Waals surface area contributed by atoms with Crippen molar-refractivity contribution in [3.05, 3.63) is 182 Å². The second-order valence-electron chi connectivity index (χ2n) is 11.0. The Morgan fingerprint density at radius 3 is 1.05 bits per heavy atom. The van der Waals surface area contributed by atoms with Crippen molar-refractivity contribution in [3.8, 4) is 0 Å². The SMILES string of the molecule is c1ccc(N(c2ccccc2)c2ccc(N(c3cccc4ccccc34)c3cccc4ccccc34)c3ccccc23)cc1. The molecule has 8 rings (SSSR count). The van der Waals surface area contributed by atoms with E-state index in [2.05, 4.69) is 192 Å². The summed E-state index contributed by atoms with van der Waals surface area (Å²) in [6.07, 6.45) is 0. The third-order valence-electron chi connectivity index (χ3n) is 8.40. The number of benzene rings is 8. The van der Waals surface area contributed by atoms with Gasteiger partial charge in [-0.25, -0.2) is 0 Å². The van der Waals surface area contributed by atoms with Crippen molar-refractivity contribution in [2.45, 2.75) is 0 Å². The van der Waals surface area contributed by atoms with Crippen LogP contribution in [-0.2, 0) is 0 Å². The lowest BCUT2D eigenvalue weighted by Crippen LogP contribution is -2.14. The van der Waals surface area contributed by atoms with Gasteiger partial charge in [-0.3, -0.25) is 0 Å². The Morgan fingerprint density at radius 2 is 0.568 bits per heavy atom. The molecule has 208 valence electrons. The van der Waals surface area contributed by atoms with Crippen LogP contribution in [0.3, 0.4) is 0 Å². The summed E-state index contributed by atoms with van der Waals surface area (Å²) in [6.45, 7) is 0. The lowest BCUT2D eigenvalue weighted by atomic mass is 10.00. The van der Waals surface area contributed by atoms with Crippen molar-refractivity contribution in [1.29, 1.82) is 0 Å². The third kappa shape index (κ3) is 4.45. The predicted octanol–water partition coefficient (Wildman–Crippen LogP) is 12.1. The van der Waals surface area contributed by atoms with E-state index in [1.807, 2.05) is 0 Å². The molecule has 2 nitrogen and oxygen atoms in total. The number of nitrogens with zero attached hydrogens (tertiary/aromatic N) is 2. The molecule has 0 aliphatic heterocycles. The molecule has 2 heteroatoms. The number of anilines is 6. The number of rotatable bonds is 6. The van der Waals surface area contributed by atoms with Gasteiger partial charge in [-0.1, -0.05) is 133 Å². The van der Waals surface area contributed by atoms with Gasteiger partial charge in [-0.15, -0.1) is 0 Å². The average molecular weight is 563 g/mol. The number of fused-ring (bicyclic) bond motifs is 3. The van der Waals surface area contributed by atoms with Crippen LogP contribution in [0.25, 0.3) is 32.3 Å². The Balaban J connectivity index is 1.43. The second kappa shape index (κ2) is 11.1. The Bertz CT molecular complexity index is 2110. The van der Waals surface area contributed by atoms with Crippen molar-refractivity contribution in [3.63, 3.8) is 0 Å². The highest BCUT2D eigenvalue weighted by atomic mass is 15.2. The first-order valence-corrected chi connectivity index (χ1v) is 15.0. The van der Waals surface area contributed by atoms with Crippen molar-refractivity contribution in [2.24, 2.45) is 0 Å². The van der Waals surface area contributed by atoms with Crippen LogP contribution in [0.1, 0.15) is 0 Å². The summed E-state index contributed by atoms with van der Waals surface area (Å²) < 4.78 is 0. The summed E-state index contributed by atoms with van der Waals surface area (Å²) in [6, 6.07) is 65.1. The molecular weight excluding hydrogens is 532 g/mol. The summed E-state index contributed by atoms with van der Waals surface area (Å²) in [5, 5.41) is 7.23. The van der Waals surface area contributed by atoms with Crippen LogP contribution < -0.4 is 9.80 Å². The molecule has 0 aromatic heterocycles. The third-order valence-corrected chi connectivity index (χ3v) is 8.40. The van der Waals surface area contributed by atoms with Gasteiger partial charge in [0.2, 0.25) is 0 Å². The highest BCUT2D eigenvalue weighted by Crippen LogP contribution is 2.47. The molecule has 8 aromatic rings. The van der Waals surface area contributed by atoms with E-state index in [0.29, 0.717) is 0 Å². The van der Waals surface area contributed by atoms with Crippen LogP contribution in [0.15, 0.2) is 182 Å².